The molecule has 3 aliphatic rings. The lowest BCUT2D eigenvalue weighted by molar-refractivity contribution is -0.302. The van der Waals surface area contributed by atoms with Gasteiger partial charge in [0.05, 0.1) is 5.41 Å². The Balaban J connectivity index is 2.01. The second kappa shape index (κ2) is 6.89. The minimum absolute atomic E-state index is 0.175. The average Bonchev–Trinajstić information content (AvgIpc) is 2.80. The van der Waals surface area contributed by atoms with Crippen molar-refractivity contribution in [1.82, 2.24) is 4.90 Å². The summed E-state index contributed by atoms with van der Waals surface area (Å²) < 4.78 is 26.1. The van der Waals surface area contributed by atoms with Gasteiger partial charge in [-0.05, 0) is 82.4 Å². The van der Waals surface area contributed by atoms with Gasteiger partial charge in [-0.1, -0.05) is 6.92 Å². The molecule has 1 aromatic rings. The highest BCUT2D eigenvalue weighted by Gasteiger charge is 2.73. The van der Waals surface area contributed by atoms with Crippen molar-refractivity contribution in [1.29, 1.82) is 0 Å². The fourth-order valence-electron chi connectivity index (χ4n) is 5.57. The predicted octanol–water partition coefficient (Wildman–Crippen LogP) is 2.77. The Morgan fingerprint density at radius 3 is 2.23 bits per heavy atom. The molecule has 0 bridgehead atoms. The van der Waals surface area contributed by atoms with Crippen LogP contribution in [0.4, 0.5) is 4.39 Å². The molecule has 1 aliphatic carbocycles. The number of carbonyl (C=O) groups excluding carboxylic acids is 2. The zero-order valence-electron chi connectivity index (χ0n) is 17.8. The molecule has 1 aromatic carbocycles. The normalized spacial score (nSPS) is 28.2. The van der Waals surface area contributed by atoms with Crippen molar-refractivity contribution >= 4 is 11.9 Å². The van der Waals surface area contributed by atoms with Gasteiger partial charge in [0.15, 0.2) is 0 Å². The van der Waals surface area contributed by atoms with Gasteiger partial charge in [-0.25, -0.2) is 14.0 Å². The van der Waals surface area contributed by atoms with E-state index in [2.05, 4.69) is 4.90 Å². The minimum Gasteiger partial charge on any atom is -0.414 e. The Morgan fingerprint density at radius 2 is 1.70 bits per heavy atom. The van der Waals surface area contributed by atoms with Crippen LogP contribution in [0.3, 0.4) is 0 Å². The fraction of sp³-hybridized carbons (Fsp3) is 0.565. The van der Waals surface area contributed by atoms with Crippen molar-refractivity contribution in [3.05, 3.63) is 46.8 Å². The van der Waals surface area contributed by atoms with Crippen LogP contribution >= 0.6 is 0 Å². The molecule has 7 heteroatoms. The Morgan fingerprint density at radius 1 is 1.13 bits per heavy atom. The van der Waals surface area contributed by atoms with Gasteiger partial charge >= 0.3 is 11.9 Å². The largest absolute Gasteiger partial charge is 0.414 e. The molecule has 2 aliphatic heterocycles. The van der Waals surface area contributed by atoms with Crippen molar-refractivity contribution in [2.45, 2.75) is 51.4 Å². The number of aryl methyl sites for hydroxylation is 1. The van der Waals surface area contributed by atoms with Gasteiger partial charge < -0.3 is 19.5 Å². The lowest BCUT2D eigenvalue weighted by atomic mass is 9.63. The van der Waals surface area contributed by atoms with E-state index in [-0.39, 0.29) is 11.5 Å². The first kappa shape index (κ1) is 21.0. The number of esters is 2. The third kappa shape index (κ3) is 2.68. The van der Waals surface area contributed by atoms with Crippen LogP contribution in [0.2, 0.25) is 0 Å². The van der Waals surface area contributed by atoms with Crippen LogP contribution in [-0.2, 0) is 36.9 Å². The number of hydrogen-bond donors (Lipinski definition) is 1. The zero-order valence-corrected chi connectivity index (χ0v) is 17.8. The predicted molar refractivity (Wildman–Crippen MR) is 107 cm³/mol. The molecular formula is C23H28FNO5. The highest BCUT2D eigenvalue weighted by Crippen LogP contribution is 2.66. The number of nitrogens with zero attached hydrogens (tertiary/aromatic N) is 1. The third-order valence-corrected chi connectivity index (χ3v) is 7.23. The lowest BCUT2D eigenvalue weighted by Crippen LogP contribution is -2.56. The molecule has 0 saturated carbocycles. The number of aliphatic hydroxyl groups is 1. The van der Waals surface area contributed by atoms with Gasteiger partial charge in [0.2, 0.25) is 0 Å². The number of rotatable bonds is 2. The lowest BCUT2D eigenvalue weighted by Gasteiger charge is -2.50. The third-order valence-electron chi connectivity index (χ3n) is 7.23. The Hall–Kier alpha value is -2.25. The Bertz CT molecular complexity index is 912. The van der Waals surface area contributed by atoms with Crippen LogP contribution in [0.5, 0.6) is 0 Å². The summed E-state index contributed by atoms with van der Waals surface area (Å²) in [7, 11) is 2.03. The molecule has 0 amide bonds. The van der Waals surface area contributed by atoms with Crippen LogP contribution in [-0.4, -0.2) is 42.1 Å². The summed E-state index contributed by atoms with van der Waals surface area (Å²) in [6.07, 6.45) is 3.90. The zero-order chi connectivity index (χ0) is 21.9. The molecule has 4 rings (SSSR count). The second-order valence-corrected chi connectivity index (χ2v) is 9.10. The molecule has 6 nitrogen and oxygen atoms in total. The summed E-state index contributed by atoms with van der Waals surface area (Å²) >= 11 is 0. The van der Waals surface area contributed by atoms with E-state index < -0.39 is 34.6 Å². The van der Waals surface area contributed by atoms with Crippen LogP contribution in [0, 0.1) is 17.2 Å². The van der Waals surface area contributed by atoms with E-state index in [9.17, 15) is 19.1 Å². The fourth-order valence-corrected chi connectivity index (χ4v) is 5.57. The molecule has 30 heavy (non-hydrogen) atoms. The molecule has 1 spiro atoms. The average molecular weight is 417 g/mol. The highest BCUT2D eigenvalue weighted by molar-refractivity contribution is 5.93. The van der Waals surface area contributed by atoms with Crippen LogP contribution < -0.4 is 0 Å². The topological polar surface area (TPSA) is 76.1 Å². The van der Waals surface area contributed by atoms with Gasteiger partial charge in [0, 0.05) is 17.7 Å². The first-order valence-corrected chi connectivity index (χ1v) is 10.4. The van der Waals surface area contributed by atoms with Crippen molar-refractivity contribution in [2.24, 2.45) is 11.3 Å². The summed E-state index contributed by atoms with van der Waals surface area (Å²) in [5.41, 5.74) is -1.36. The maximum Gasteiger partial charge on any atom is 0.334 e. The highest BCUT2D eigenvalue weighted by atomic mass is 19.1. The maximum absolute atomic E-state index is 14.7. The Labute approximate surface area is 175 Å². The van der Waals surface area contributed by atoms with Crippen molar-refractivity contribution in [3.8, 4) is 0 Å². The smallest absolute Gasteiger partial charge is 0.334 e. The van der Waals surface area contributed by atoms with E-state index in [0.717, 1.165) is 25.2 Å². The number of carbonyl (C=O) groups is 2. The molecule has 1 unspecified atom stereocenters. The van der Waals surface area contributed by atoms with Crippen LogP contribution in [0.15, 0.2) is 24.3 Å². The monoisotopic (exact) mass is 417 g/mol. The quantitative estimate of drug-likeness (QED) is 0.746. The molecule has 1 fully saturated rings. The molecular weight excluding hydrogens is 389 g/mol. The number of fused-ring (bicyclic) bond motifs is 2. The van der Waals surface area contributed by atoms with Gasteiger partial charge in [0.1, 0.15) is 11.4 Å². The summed E-state index contributed by atoms with van der Waals surface area (Å²) in [6, 6.07) is 2.64. The van der Waals surface area contributed by atoms with Crippen molar-refractivity contribution in [3.63, 3.8) is 0 Å². The number of piperidine rings is 1. The SMILES string of the molecule is CCc1cc(F)cc2c1C(O)(C1CCN(C)CC1)C(C)(C)C21OC(=O)C=CC(=O)O1. The standard InChI is InChI=1S/C23H28FNO5/c1-5-14-12-16(24)13-17-20(14)22(28,15-8-10-25(4)11-9-15)21(2,3)23(17)29-18(26)6-7-19(27)30-23/h6-7,12-13,15,28H,5,8-11H2,1-4H3. The van der Waals surface area contributed by atoms with Crippen LogP contribution in [0.1, 0.15) is 50.3 Å². The summed E-state index contributed by atoms with van der Waals surface area (Å²) in [4.78, 5) is 27.1. The first-order chi connectivity index (χ1) is 14.1. The second-order valence-electron chi connectivity index (χ2n) is 9.10. The van der Waals surface area contributed by atoms with E-state index in [0.29, 0.717) is 30.4 Å². The molecule has 2 heterocycles. The van der Waals surface area contributed by atoms with E-state index in [1.54, 1.807) is 13.8 Å². The molecule has 1 saturated heterocycles. The number of ether oxygens (including phenoxy) is 2. The van der Waals surface area contributed by atoms with Gasteiger partial charge in [0.25, 0.3) is 5.79 Å². The summed E-state index contributed by atoms with van der Waals surface area (Å²) in [6.45, 7) is 6.95. The maximum atomic E-state index is 14.7. The number of halogens is 1. The van der Waals surface area contributed by atoms with Gasteiger partial charge in [-0.15, -0.1) is 0 Å². The summed E-state index contributed by atoms with van der Waals surface area (Å²) in [5, 5.41) is 12.4. The molecule has 0 aromatic heterocycles. The van der Waals surface area contributed by atoms with Gasteiger partial charge in [-0.3, -0.25) is 0 Å². The molecule has 1 atom stereocenters. The number of hydrogen-bond acceptors (Lipinski definition) is 6. The van der Waals surface area contributed by atoms with E-state index in [4.69, 9.17) is 9.47 Å². The number of likely N-dealkylation sites (tertiary alicyclic amines) is 1. The van der Waals surface area contributed by atoms with Crippen molar-refractivity contribution in [2.75, 3.05) is 20.1 Å². The molecule has 162 valence electrons. The van der Waals surface area contributed by atoms with Crippen LogP contribution in [0.25, 0.3) is 0 Å². The number of benzene rings is 1. The van der Waals surface area contributed by atoms with E-state index in [1.807, 2.05) is 14.0 Å². The van der Waals surface area contributed by atoms with Crippen molar-refractivity contribution < 1.29 is 28.6 Å². The van der Waals surface area contributed by atoms with Gasteiger partial charge in [-0.2, -0.15) is 0 Å². The van der Waals surface area contributed by atoms with E-state index in [1.165, 1.54) is 12.1 Å². The molecule has 0 radical (unpaired) electrons. The minimum atomic E-state index is -1.93. The Kier molecular flexibility index (Phi) is 4.82. The first-order valence-electron chi connectivity index (χ1n) is 10.4. The molecule has 1 N–H and O–H groups in total. The van der Waals surface area contributed by atoms with E-state index >= 15 is 0 Å². The summed E-state index contributed by atoms with van der Waals surface area (Å²) in [5.74, 6) is -4.17.